The molecule has 15 heteroatoms. The van der Waals surface area contributed by atoms with E-state index in [1.165, 1.54) is 18.2 Å². The third-order valence-electron chi connectivity index (χ3n) is 9.76. The summed E-state index contributed by atoms with van der Waals surface area (Å²) >= 11 is 0. The standard InChI is InChI=1S/C25H38O5.C9H14N5O4P/c1-6-25(4,5)24(28)30-21-12-15(2)11-17-8-7-16(3)20(23(17)21)10-9-19-13-18(26)14-22(27)29-19;1-6(18-5-19(15,16)17)2-14-4-13-7-8(10)11-3-12-9(7)14/h7-8,11,15-16,18-21,23,26H,6,9-10,12-14H2,1-5H3;3-4,6H,2,5H2,1H3,(H2,10,11,12)(H2,15,16,17)/t15-,16-,18+,19+,20-,21-,23-;6-/m01/s1. The number of cyclic esters (lactones) is 1. The zero-order valence-electron chi connectivity index (χ0n) is 29.3. The van der Waals surface area contributed by atoms with Crippen LogP contribution >= 0.6 is 7.60 Å². The van der Waals surface area contributed by atoms with Crippen molar-refractivity contribution in [3.05, 3.63) is 36.5 Å². The topological polar surface area (TPSA) is 209 Å². The second kappa shape index (κ2) is 16.2. The molecule has 1 fully saturated rings. The van der Waals surface area contributed by atoms with Crippen LogP contribution in [0.3, 0.4) is 0 Å². The molecule has 1 aliphatic heterocycles. The summed E-state index contributed by atoms with van der Waals surface area (Å²) in [6.07, 6.45) is 11.5. The number of rotatable bonds is 11. The second-order valence-electron chi connectivity index (χ2n) is 14.4. The molecule has 0 radical (unpaired) electrons. The highest BCUT2D eigenvalue weighted by Crippen LogP contribution is 2.45. The van der Waals surface area contributed by atoms with Gasteiger partial charge in [-0.3, -0.25) is 14.2 Å². The number of aliphatic hydroxyl groups is 1. The molecule has 8 atom stereocenters. The number of fused-ring (bicyclic) bond motifs is 2. The predicted octanol–water partition coefficient (Wildman–Crippen LogP) is 4.53. The minimum atomic E-state index is -4.16. The fourth-order valence-corrected chi connectivity index (χ4v) is 7.11. The second-order valence-corrected chi connectivity index (χ2v) is 15.9. The first kappa shape index (κ1) is 38.6. The number of aliphatic hydroxyl groups excluding tert-OH is 1. The monoisotopic (exact) mass is 705 g/mol. The summed E-state index contributed by atoms with van der Waals surface area (Å²) < 4.78 is 29.1. The Kier molecular flexibility index (Phi) is 12.8. The van der Waals surface area contributed by atoms with Crippen molar-refractivity contribution < 1.29 is 43.3 Å². The van der Waals surface area contributed by atoms with E-state index in [1.807, 2.05) is 20.8 Å². The van der Waals surface area contributed by atoms with E-state index in [0.717, 1.165) is 25.7 Å². The molecule has 272 valence electrons. The number of carbonyl (C=O) groups is 2. The van der Waals surface area contributed by atoms with Crippen molar-refractivity contribution >= 4 is 36.5 Å². The van der Waals surface area contributed by atoms with Crippen molar-refractivity contribution in [1.29, 1.82) is 0 Å². The van der Waals surface area contributed by atoms with Crippen molar-refractivity contribution in [2.24, 2.45) is 29.1 Å². The van der Waals surface area contributed by atoms with Gasteiger partial charge in [0.2, 0.25) is 0 Å². The molecule has 1 saturated heterocycles. The molecular formula is C34H52N5O9P. The summed E-state index contributed by atoms with van der Waals surface area (Å²) in [5, 5.41) is 9.92. The van der Waals surface area contributed by atoms with Gasteiger partial charge in [-0.1, -0.05) is 39.0 Å². The van der Waals surface area contributed by atoms with E-state index in [2.05, 4.69) is 47.0 Å². The van der Waals surface area contributed by atoms with Crippen LogP contribution in [-0.2, 0) is 34.9 Å². The first-order valence-electron chi connectivity index (χ1n) is 17.0. The number of ether oxygens (including phenoxy) is 3. The van der Waals surface area contributed by atoms with E-state index in [9.17, 15) is 19.3 Å². The SMILES string of the molecule is CCC(C)(C)C(=O)O[C@H]1C[C@@H](C)C=C2C=C[C@H](C)[C@H](CC[C@@H]3C[C@@H](O)CC(=O)O3)[C@H]21.C[C@H](Cn1cnc2c(N)ncnc21)OCP(=O)(O)O. The van der Waals surface area contributed by atoms with Gasteiger partial charge in [-0.2, -0.15) is 0 Å². The Morgan fingerprint density at radius 1 is 1.20 bits per heavy atom. The first-order valence-corrected chi connectivity index (χ1v) is 18.8. The average molecular weight is 706 g/mol. The summed E-state index contributed by atoms with van der Waals surface area (Å²) in [7, 11) is -4.16. The van der Waals surface area contributed by atoms with Gasteiger partial charge in [0.05, 0.1) is 36.9 Å². The Morgan fingerprint density at radius 2 is 1.94 bits per heavy atom. The molecule has 3 heterocycles. The van der Waals surface area contributed by atoms with Crippen LogP contribution in [0.2, 0.25) is 0 Å². The number of nitrogens with zero attached hydrogens (tertiary/aromatic N) is 4. The zero-order chi connectivity index (χ0) is 36.1. The van der Waals surface area contributed by atoms with Crippen molar-refractivity contribution in [2.75, 3.05) is 12.1 Å². The Hall–Kier alpha value is -3.16. The van der Waals surface area contributed by atoms with Crippen LogP contribution in [0.1, 0.15) is 80.1 Å². The Morgan fingerprint density at radius 3 is 2.61 bits per heavy atom. The third kappa shape index (κ3) is 10.4. The van der Waals surface area contributed by atoms with Crippen LogP contribution in [0, 0.1) is 29.1 Å². The minimum Gasteiger partial charge on any atom is -0.462 e. The lowest BCUT2D eigenvalue weighted by atomic mass is 9.65. The quantitative estimate of drug-likeness (QED) is 0.187. The molecule has 0 aromatic carbocycles. The molecule has 49 heavy (non-hydrogen) atoms. The molecule has 2 aliphatic carbocycles. The highest BCUT2D eigenvalue weighted by Gasteiger charge is 2.43. The van der Waals surface area contributed by atoms with E-state index < -0.39 is 31.6 Å². The summed E-state index contributed by atoms with van der Waals surface area (Å²) in [4.78, 5) is 54.0. The molecule has 0 saturated carbocycles. The van der Waals surface area contributed by atoms with E-state index in [0.29, 0.717) is 41.9 Å². The Labute approximate surface area is 287 Å². The number of hydrogen-bond acceptors (Lipinski definition) is 11. The molecule has 2 aromatic heterocycles. The molecule has 0 amide bonds. The maximum Gasteiger partial charge on any atom is 0.350 e. The van der Waals surface area contributed by atoms with E-state index >= 15 is 0 Å². The molecule has 5 rings (SSSR count). The van der Waals surface area contributed by atoms with Gasteiger partial charge >= 0.3 is 19.5 Å². The number of allylic oxidation sites excluding steroid dienone is 3. The molecule has 5 N–H and O–H groups in total. The van der Waals surface area contributed by atoms with E-state index in [-0.39, 0.29) is 42.3 Å². The summed E-state index contributed by atoms with van der Waals surface area (Å²) in [6, 6.07) is 0. The fourth-order valence-electron chi connectivity index (χ4n) is 6.67. The largest absolute Gasteiger partial charge is 0.462 e. The van der Waals surface area contributed by atoms with Crippen LogP contribution in [0.25, 0.3) is 11.2 Å². The van der Waals surface area contributed by atoms with Gasteiger partial charge in [-0.05, 0) is 69.8 Å². The van der Waals surface area contributed by atoms with Crippen LogP contribution in [0.5, 0.6) is 0 Å². The van der Waals surface area contributed by atoms with E-state index in [4.69, 9.17) is 29.7 Å². The lowest BCUT2D eigenvalue weighted by Gasteiger charge is -2.44. The summed E-state index contributed by atoms with van der Waals surface area (Å²) in [5.74, 6) is 1.06. The highest BCUT2D eigenvalue weighted by molar-refractivity contribution is 7.51. The maximum atomic E-state index is 12.9. The number of esters is 2. The van der Waals surface area contributed by atoms with Crippen LogP contribution in [-0.4, -0.2) is 77.1 Å². The molecule has 0 bridgehead atoms. The zero-order valence-corrected chi connectivity index (χ0v) is 30.2. The highest BCUT2D eigenvalue weighted by atomic mass is 31.2. The molecular weight excluding hydrogens is 653 g/mol. The van der Waals surface area contributed by atoms with Crippen molar-refractivity contribution in [1.82, 2.24) is 19.5 Å². The average Bonchev–Trinajstić information content (AvgIpc) is 3.43. The van der Waals surface area contributed by atoms with Crippen LogP contribution < -0.4 is 5.73 Å². The van der Waals surface area contributed by atoms with Gasteiger partial charge in [0.15, 0.2) is 11.5 Å². The lowest BCUT2D eigenvalue weighted by Crippen LogP contribution is -2.43. The molecule has 0 unspecified atom stereocenters. The van der Waals surface area contributed by atoms with Gasteiger partial charge in [0, 0.05) is 12.3 Å². The minimum absolute atomic E-state index is 0.0949. The summed E-state index contributed by atoms with van der Waals surface area (Å²) in [6.45, 7) is 12.4. The van der Waals surface area contributed by atoms with E-state index in [1.54, 1.807) is 11.5 Å². The van der Waals surface area contributed by atoms with Crippen LogP contribution in [0.4, 0.5) is 5.82 Å². The normalized spacial score (nSPS) is 27.7. The number of anilines is 1. The first-order chi connectivity index (χ1) is 23.0. The van der Waals surface area contributed by atoms with Gasteiger partial charge in [0.1, 0.15) is 30.4 Å². The number of nitrogens with two attached hydrogens (primary N) is 1. The van der Waals surface area contributed by atoms with Crippen molar-refractivity contribution in [2.45, 2.75) is 111 Å². The van der Waals surface area contributed by atoms with Crippen molar-refractivity contribution in [3.63, 3.8) is 0 Å². The summed E-state index contributed by atoms with van der Waals surface area (Å²) in [5.41, 5.74) is 7.48. The number of carbonyl (C=O) groups excluding carboxylic acids is 2. The maximum absolute atomic E-state index is 12.9. The molecule has 0 spiro atoms. The number of imidazole rings is 1. The Bertz CT molecular complexity index is 1570. The number of nitrogen functional groups attached to an aromatic ring is 1. The lowest BCUT2D eigenvalue weighted by molar-refractivity contribution is -0.166. The molecule has 2 aromatic rings. The fraction of sp³-hybridized carbons (Fsp3) is 0.676. The third-order valence-corrected chi connectivity index (χ3v) is 10.2. The Balaban J connectivity index is 0.000000244. The van der Waals surface area contributed by atoms with Gasteiger partial charge in [-0.25, -0.2) is 15.0 Å². The molecule has 14 nitrogen and oxygen atoms in total. The van der Waals surface area contributed by atoms with Gasteiger partial charge in [-0.15, -0.1) is 0 Å². The number of aromatic nitrogens is 4. The molecule has 3 aliphatic rings. The van der Waals surface area contributed by atoms with Gasteiger partial charge < -0.3 is 39.4 Å². The van der Waals surface area contributed by atoms with Crippen molar-refractivity contribution in [3.8, 4) is 0 Å². The predicted molar refractivity (Wildman–Crippen MR) is 183 cm³/mol. The smallest absolute Gasteiger partial charge is 0.350 e. The van der Waals surface area contributed by atoms with Crippen LogP contribution in [0.15, 0.2) is 36.5 Å². The van der Waals surface area contributed by atoms with Gasteiger partial charge in [0.25, 0.3) is 0 Å². The number of hydrogen-bond donors (Lipinski definition) is 4.